The van der Waals surface area contributed by atoms with Crippen LogP contribution in [-0.2, 0) is 18.0 Å². The van der Waals surface area contributed by atoms with Gasteiger partial charge in [0.05, 0.1) is 32.3 Å². The Morgan fingerprint density at radius 2 is 1.44 bits per heavy atom. The van der Waals surface area contributed by atoms with Crippen molar-refractivity contribution >= 4 is 23.5 Å². The quantitative estimate of drug-likeness (QED) is 0.119. The van der Waals surface area contributed by atoms with Crippen LogP contribution in [-0.4, -0.2) is 72.7 Å². The van der Waals surface area contributed by atoms with Crippen molar-refractivity contribution in [3.05, 3.63) is 100 Å². The maximum absolute atomic E-state index is 13.3. The van der Waals surface area contributed by atoms with E-state index in [1.807, 2.05) is 24.3 Å². The molecule has 2 amide bonds. The predicted octanol–water partition coefficient (Wildman–Crippen LogP) is 3.64. The second kappa shape index (κ2) is 18.0. The molecule has 0 aliphatic heterocycles. The smallest absolute Gasteiger partial charge is 0.407 e. The first-order valence-corrected chi connectivity index (χ1v) is 15.9. The molecule has 50 heavy (non-hydrogen) atoms. The van der Waals surface area contributed by atoms with Crippen LogP contribution in [0, 0.1) is 0 Å². The summed E-state index contributed by atoms with van der Waals surface area (Å²) in [5, 5.41) is 11.8. The number of nitrogens with zero attached hydrogens (tertiary/aromatic N) is 3. The van der Waals surface area contributed by atoms with E-state index in [-0.39, 0.29) is 31.2 Å². The zero-order valence-corrected chi connectivity index (χ0v) is 28.8. The summed E-state index contributed by atoms with van der Waals surface area (Å²) < 4.78 is 22.7. The molecular weight excluding hydrogens is 646 g/mol. The van der Waals surface area contributed by atoms with Crippen LogP contribution < -0.4 is 45.7 Å². The third-order valence-corrected chi connectivity index (χ3v) is 6.82. The highest BCUT2D eigenvalue weighted by Crippen LogP contribution is 2.17. The molecule has 15 heteroatoms. The highest BCUT2D eigenvalue weighted by molar-refractivity contribution is 5.92. The summed E-state index contributed by atoms with van der Waals surface area (Å²) in [6, 6.07) is 15.7. The van der Waals surface area contributed by atoms with Gasteiger partial charge in [0.2, 0.25) is 5.43 Å². The SMILES string of the molecule is COc1ccc(COc2cn(OCc3ccc(OC)cc3)c(C(=O)NCCNc3cncnc3NCCNC(=O)OC(C)(C)C)cc2=O)cc1. The number of aromatic nitrogens is 3. The molecule has 4 N–H and O–H groups in total. The van der Waals surface area contributed by atoms with E-state index >= 15 is 0 Å². The summed E-state index contributed by atoms with van der Waals surface area (Å²) in [6.07, 6.45) is 3.84. The Morgan fingerprint density at radius 1 is 0.820 bits per heavy atom. The fourth-order valence-electron chi connectivity index (χ4n) is 4.35. The van der Waals surface area contributed by atoms with Gasteiger partial charge in [-0.3, -0.25) is 9.59 Å². The molecule has 0 aliphatic carbocycles. The molecule has 2 aromatic carbocycles. The zero-order chi connectivity index (χ0) is 35.9. The molecule has 0 saturated carbocycles. The van der Waals surface area contributed by atoms with E-state index in [1.54, 1.807) is 65.5 Å². The van der Waals surface area contributed by atoms with Gasteiger partial charge in [0.1, 0.15) is 42.3 Å². The van der Waals surface area contributed by atoms with Crippen molar-refractivity contribution in [2.75, 3.05) is 51.0 Å². The number of hydrogen-bond acceptors (Lipinski definition) is 12. The lowest BCUT2D eigenvalue weighted by Crippen LogP contribution is -2.35. The van der Waals surface area contributed by atoms with E-state index in [9.17, 15) is 14.4 Å². The van der Waals surface area contributed by atoms with Crippen molar-refractivity contribution in [2.45, 2.75) is 39.6 Å². The fraction of sp³-hybridized carbons (Fsp3) is 0.343. The van der Waals surface area contributed by atoms with Gasteiger partial charge in [-0.25, -0.2) is 14.8 Å². The van der Waals surface area contributed by atoms with Gasteiger partial charge in [-0.15, -0.1) is 0 Å². The van der Waals surface area contributed by atoms with Gasteiger partial charge in [0.15, 0.2) is 11.6 Å². The van der Waals surface area contributed by atoms with Gasteiger partial charge in [0, 0.05) is 32.2 Å². The van der Waals surface area contributed by atoms with Crippen LogP contribution in [0.3, 0.4) is 0 Å². The Morgan fingerprint density at radius 3 is 2.08 bits per heavy atom. The molecule has 15 nitrogen and oxygen atoms in total. The van der Waals surface area contributed by atoms with Gasteiger partial charge in [-0.2, -0.15) is 4.73 Å². The number of hydrogen-bond donors (Lipinski definition) is 4. The van der Waals surface area contributed by atoms with E-state index in [0.717, 1.165) is 11.1 Å². The number of anilines is 2. The van der Waals surface area contributed by atoms with Crippen LogP contribution in [0.5, 0.6) is 17.2 Å². The largest absolute Gasteiger partial charge is 0.497 e. The van der Waals surface area contributed by atoms with Crippen LogP contribution in [0.1, 0.15) is 42.4 Å². The monoisotopic (exact) mass is 689 g/mol. The Hall–Kier alpha value is -5.99. The molecule has 0 unspecified atom stereocenters. The van der Waals surface area contributed by atoms with Gasteiger partial charge in [-0.1, -0.05) is 24.3 Å². The summed E-state index contributed by atoms with van der Waals surface area (Å²) >= 11 is 0. The summed E-state index contributed by atoms with van der Waals surface area (Å²) in [4.78, 5) is 52.5. The topological polar surface area (TPSA) is 176 Å². The third-order valence-electron chi connectivity index (χ3n) is 6.82. The summed E-state index contributed by atoms with van der Waals surface area (Å²) in [5.74, 6) is 1.39. The number of carbonyl (C=O) groups excluding carboxylic acids is 2. The van der Waals surface area contributed by atoms with Crippen LogP contribution in [0.2, 0.25) is 0 Å². The van der Waals surface area contributed by atoms with Gasteiger partial charge >= 0.3 is 6.09 Å². The van der Waals surface area contributed by atoms with Crippen molar-refractivity contribution in [3.8, 4) is 17.2 Å². The van der Waals surface area contributed by atoms with Gasteiger partial charge in [-0.05, 0) is 56.2 Å². The number of ether oxygens (including phenoxy) is 4. The molecule has 0 spiro atoms. The average Bonchev–Trinajstić information content (AvgIpc) is 3.10. The molecule has 0 radical (unpaired) electrons. The number of amides is 2. The second-order valence-corrected chi connectivity index (χ2v) is 11.8. The first-order chi connectivity index (χ1) is 24.0. The molecular formula is C35H43N7O8. The van der Waals surface area contributed by atoms with Gasteiger partial charge in [0.25, 0.3) is 5.91 Å². The van der Waals surface area contributed by atoms with Gasteiger partial charge < -0.3 is 45.1 Å². The van der Waals surface area contributed by atoms with Crippen molar-refractivity contribution in [2.24, 2.45) is 0 Å². The van der Waals surface area contributed by atoms with Crippen molar-refractivity contribution in [1.82, 2.24) is 25.3 Å². The minimum absolute atomic E-state index is 0.0109. The zero-order valence-electron chi connectivity index (χ0n) is 28.8. The molecule has 0 aliphatic rings. The number of carbonyl (C=O) groups is 2. The van der Waals surface area contributed by atoms with E-state index in [4.69, 9.17) is 23.8 Å². The average molecular weight is 690 g/mol. The number of rotatable bonds is 17. The number of alkyl carbamates (subject to hydrolysis) is 1. The Bertz CT molecular complexity index is 1760. The molecule has 266 valence electrons. The lowest BCUT2D eigenvalue weighted by Gasteiger charge is -2.19. The first kappa shape index (κ1) is 36.8. The maximum atomic E-state index is 13.3. The predicted molar refractivity (Wildman–Crippen MR) is 187 cm³/mol. The lowest BCUT2D eigenvalue weighted by molar-refractivity contribution is 0.0529. The van der Waals surface area contributed by atoms with Crippen molar-refractivity contribution < 1.29 is 33.4 Å². The molecule has 0 saturated heterocycles. The van der Waals surface area contributed by atoms with Crippen molar-refractivity contribution in [3.63, 3.8) is 0 Å². The summed E-state index contributed by atoms with van der Waals surface area (Å²) in [6.45, 7) is 6.79. The summed E-state index contributed by atoms with van der Waals surface area (Å²) in [7, 11) is 3.16. The Balaban J connectivity index is 1.37. The second-order valence-electron chi connectivity index (χ2n) is 11.8. The molecule has 4 aromatic rings. The number of benzene rings is 2. The fourth-order valence-corrected chi connectivity index (χ4v) is 4.35. The Labute approximate surface area is 290 Å². The summed E-state index contributed by atoms with van der Waals surface area (Å²) in [5.41, 5.74) is 1.15. The molecule has 4 rings (SSSR count). The molecule has 2 aromatic heterocycles. The van der Waals surface area contributed by atoms with E-state index < -0.39 is 23.0 Å². The van der Waals surface area contributed by atoms with E-state index in [0.29, 0.717) is 42.6 Å². The molecule has 0 fully saturated rings. The van der Waals surface area contributed by atoms with E-state index in [1.165, 1.54) is 23.3 Å². The third kappa shape index (κ3) is 11.6. The maximum Gasteiger partial charge on any atom is 0.407 e. The highest BCUT2D eigenvalue weighted by Gasteiger charge is 2.17. The molecule has 0 bridgehead atoms. The first-order valence-electron chi connectivity index (χ1n) is 15.9. The van der Waals surface area contributed by atoms with Crippen LogP contribution in [0.15, 0.2) is 78.1 Å². The minimum atomic E-state index is -0.589. The van der Waals surface area contributed by atoms with Crippen LogP contribution in [0.4, 0.5) is 16.3 Å². The van der Waals surface area contributed by atoms with E-state index in [2.05, 4.69) is 31.2 Å². The number of pyridine rings is 1. The highest BCUT2D eigenvalue weighted by atomic mass is 16.7. The number of nitrogens with one attached hydrogen (secondary N) is 4. The normalized spacial score (nSPS) is 10.8. The Kier molecular flexibility index (Phi) is 13.2. The van der Waals surface area contributed by atoms with Crippen molar-refractivity contribution in [1.29, 1.82) is 0 Å². The minimum Gasteiger partial charge on any atom is -0.497 e. The lowest BCUT2D eigenvalue weighted by atomic mass is 10.2. The molecule has 0 atom stereocenters. The number of methoxy groups -OCH3 is 2. The molecule has 2 heterocycles. The standard InChI is InChI=1S/C35H43N7O8/c1-35(2,3)50-34(45)40-17-15-38-32-28(19-36-23-41-32)37-14-16-39-33(44)29-18-30(43)31(48-21-24-6-10-26(46-4)11-7-24)20-42(29)49-22-25-8-12-27(47-5)13-9-25/h6-13,18-20,23,37H,14-17,21-22H2,1-5H3,(H,39,44)(H,40,45)(H,36,38,41). The van der Waals surface area contributed by atoms with Crippen LogP contribution >= 0.6 is 0 Å². The van der Waals surface area contributed by atoms with Crippen LogP contribution in [0.25, 0.3) is 0 Å².